The van der Waals surface area contributed by atoms with Crippen LogP contribution in [0, 0.1) is 24.1 Å². The normalized spacial score (nSPS) is 22.8. The van der Waals surface area contributed by atoms with Gasteiger partial charge in [-0.05, 0) is 62.1 Å². The predicted octanol–water partition coefficient (Wildman–Crippen LogP) is 5.14. The summed E-state index contributed by atoms with van der Waals surface area (Å²) in [6.45, 7) is 4.33. The minimum absolute atomic E-state index is 0.300. The first kappa shape index (κ1) is 24.1. The van der Waals surface area contributed by atoms with Crippen LogP contribution in [0.25, 0.3) is 0 Å². The number of nitrogens with one attached hydrogen (secondary N) is 1. The number of halogens is 4. The Hall–Kier alpha value is -2.07. The van der Waals surface area contributed by atoms with E-state index in [0.717, 1.165) is 44.2 Å². The van der Waals surface area contributed by atoms with E-state index < -0.39 is 17.6 Å². The van der Waals surface area contributed by atoms with E-state index in [0.29, 0.717) is 47.3 Å². The lowest BCUT2D eigenvalue weighted by Gasteiger charge is -2.57. The van der Waals surface area contributed by atoms with Crippen LogP contribution in [0.15, 0.2) is 29.0 Å². The molecule has 180 valence electrons. The molecular weight excluding hydrogens is 456 g/mol. The van der Waals surface area contributed by atoms with Gasteiger partial charge in [-0.2, -0.15) is 13.2 Å². The molecule has 0 unspecified atom stereocenters. The number of oxazole rings is 1. The molecule has 3 aliphatic rings. The SMILES string of the molecule is Cc1ncoc1C(=N)N(C)CSCCCN1CC2CC(c3ccc(C(F)(F)F)cc3F)(C2)C1. The van der Waals surface area contributed by atoms with E-state index in [2.05, 4.69) is 9.88 Å². The van der Waals surface area contributed by atoms with Crippen LogP contribution in [0.1, 0.15) is 41.8 Å². The van der Waals surface area contributed by atoms with Crippen LogP contribution in [0.3, 0.4) is 0 Å². The first-order chi connectivity index (χ1) is 15.6. The van der Waals surface area contributed by atoms with Crippen LogP contribution in [0.4, 0.5) is 17.6 Å². The Bertz CT molecular complexity index is 1000. The molecule has 1 saturated carbocycles. The van der Waals surface area contributed by atoms with E-state index >= 15 is 0 Å². The van der Waals surface area contributed by atoms with Crippen molar-refractivity contribution in [2.45, 2.75) is 37.8 Å². The number of thioether (sulfide) groups is 1. The van der Waals surface area contributed by atoms with E-state index in [9.17, 15) is 17.6 Å². The highest BCUT2D eigenvalue weighted by atomic mass is 32.2. The number of alkyl halides is 3. The highest BCUT2D eigenvalue weighted by Gasteiger charge is 2.52. The van der Waals surface area contributed by atoms with Gasteiger partial charge >= 0.3 is 6.18 Å². The van der Waals surface area contributed by atoms with Crippen molar-refractivity contribution in [1.82, 2.24) is 14.8 Å². The second kappa shape index (κ2) is 9.29. The van der Waals surface area contributed by atoms with Crippen molar-refractivity contribution in [3.05, 3.63) is 53.0 Å². The highest BCUT2D eigenvalue weighted by molar-refractivity contribution is 7.99. The van der Waals surface area contributed by atoms with Crippen LogP contribution >= 0.6 is 11.8 Å². The van der Waals surface area contributed by atoms with Gasteiger partial charge in [0.05, 0.1) is 17.1 Å². The van der Waals surface area contributed by atoms with Gasteiger partial charge in [0.15, 0.2) is 18.0 Å². The molecule has 1 aliphatic carbocycles. The zero-order valence-corrected chi connectivity index (χ0v) is 19.5. The Kier molecular flexibility index (Phi) is 6.77. The number of nitrogens with zero attached hydrogens (tertiary/aromatic N) is 3. The fourth-order valence-corrected chi connectivity index (χ4v) is 5.98. The second-order valence-electron chi connectivity index (χ2n) is 9.19. The Morgan fingerprint density at radius 1 is 1.36 bits per heavy atom. The molecule has 1 N–H and O–H groups in total. The Morgan fingerprint density at radius 3 is 2.76 bits per heavy atom. The Balaban J connectivity index is 1.25. The van der Waals surface area contributed by atoms with E-state index in [1.54, 1.807) is 18.7 Å². The summed E-state index contributed by atoms with van der Waals surface area (Å²) in [5.41, 5.74) is -0.182. The van der Waals surface area contributed by atoms with Crippen molar-refractivity contribution < 1.29 is 22.0 Å². The molecule has 0 atom stereocenters. The number of benzene rings is 1. The highest BCUT2D eigenvalue weighted by Crippen LogP contribution is 2.53. The standard InChI is InChI=1S/C23H28F4N4OS/c1-15-20(32-13-29-15)21(28)30(2)14-33-7-3-6-31-11-16-9-22(10-16,12-31)18-5-4-17(8-19(18)24)23(25,26)27/h4-5,8,13,16,28H,3,6-7,9-12,14H2,1-2H3. The lowest BCUT2D eigenvalue weighted by molar-refractivity contribution is -0.137. The summed E-state index contributed by atoms with van der Waals surface area (Å²) in [7, 11) is 1.85. The third-order valence-corrected chi connectivity index (χ3v) is 7.81. The average Bonchev–Trinajstić information content (AvgIpc) is 3.17. The fraction of sp³-hybridized carbons (Fsp3) is 0.565. The smallest absolute Gasteiger partial charge is 0.416 e. The predicted molar refractivity (Wildman–Crippen MR) is 120 cm³/mol. The van der Waals surface area contributed by atoms with Gasteiger partial charge in [-0.15, -0.1) is 11.8 Å². The maximum atomic E-state index is 14.6. The lowest BCUT2D eigenvalue weighted by atomic mass is 9.55. The van der Waals surface area contributed by atoms with Crippen molar-refractivity contribution >= 4 is 17.6 Å². The maximum Gasteiger partial charge on any atom is 0.416 e. The number of amidine groups is 1. The van der Waals surface area contributed by atoms with Gasteiger partial charge in [-0.3, -0.25) is 5.41 Å². The Morgan fingerprint density at radius 2 is 2.12 bits per heavy atom. The molecule has 0 spiro atoms. The number of aryl methyl sites for hydroxylation is 1. The van der Waals surface area contributed by atoms with Gasteiger partial charge in [0, 0.05) is 25.6 Å². The molecule has 2 bridgehead atoms. The molecular formula is C23H28F4N4OS. The number of hydrogen-bond acceptors (Lipinski definition) is 5. The third-order valence-electron chi connectivity index (χ3n) is 6.66. The third kappa shape index (κ3) is 5.06. The summed E-state index contributed by atoms with van der Waals surface area (Å²) < 4.78 is 58.6. The van der Waals surface area contributed by atoms with Crippen LogP contribution in [-0.4, -0.2) is 58.9 Å². The van der Waals surface area contributed by atoms with Crippen LogP contribution < -0.4 is 0 Å². The zero-order chi connectivity index (χ0) is 23.8. The van der Waals surface area contributed by atoms with Crippen LogP contribution in [0.2, 0.25) is 0 Å². The minimum Gasteiger partial charge on any atom is -0.440 e. The number of hydrogen-bond donors (Lipinski definition) is 1. The number of fused-ring (bicyclic) bond motifs is 2. The summed E-state index contributed by atoms with van der Waals surface area (Å²) in [4.78, 5) is 8.15. The average molecular weight is 485 g/mol. The molecule has 2 aromatic rings. The molecule has 3 heterocycles. The summed E-state index contributed by atoms with van der Waals surface area (Å²) in [6, 6.07) is 2.99. The van der Waals surface area contributed by atoms with Crippen molar-refractivity contribution in [3.8, 4) is 0 Å². The molecule has 2 aliphatic heterocycles. The number of aromatic nitrogens is 1. The number of rotatable bonds is 8. The molecule has 3 fully saturated rings. The molecule has 5 rings (SSSR count). The topological polar surface area (TPSA) is 56.4 Å². The van der Waals surface area contributed by atoms with Crippen molar-refractivity contribution in [2.75, 3.05) is 38.3 Å². The van der Waals surface area contributed by atoms with Gasteiger partial charge < -0.3 is 14.2 Å². The summed E-state index contributed by atoms with van der Waals surface area (Å²) in [5, 5.41) is 8.21. The summed E-state index contributed by atoms with van der Waals surface area (Å²) in [5.74, 6) is 2.08. The van der Waals surface area contributed by atoms with Gasteiger partial charge in [-0.25, -0.2) is 9.37 Å². The number of piperidine rings is 2. The van der Waals surface area contributed by atoms with Crippen molar-refractivity contribution in [1.29, 1.82) is 5.41 Å². The lowest BCUT2D eigenvalue weighted by Crippen LogP contribution is -2.59. The Labute approximate surface area is 195 Å². The van der Waals surface area contributed by atoms with E-state index in [1.165, 1.54) is 12.5 Å². The molecule has 1 aromatic carbocycles. The maximum absolute atomic E-state index is 14.6. The van der Waals surface area contributed by atoms with Crippen LogP contribution in [0.5, 0.6) is 0 Å². The summed E-state index contributed by atoms with van der Waals surface area (Å²) in [6.07, 6.45) is -0.559. The van der Waals surface area contributed by atoms with Crippen molar-refractivity contribution in [2.24, 2.45) is 5.92 Å². The fourth-order valence-electron chi connectivity index (χ4n) is 5.12. The summed E-state index contributed by atoms with van der Waals surface area (Å²) >= 11 is 1.73. The largest absolute Gasteiger partial charge is 0.440 e. The van der Waals surface area contributed by atoms with E-state index in [4.69, 9.17) is 9.83 Å². The van der Waals surface area contributed by atoms with Crippen LogP contribution in [-0.2, 0) is 11.6 Å². The van der Waals surface area contributed by atoms with Crippen molar-refractivity contribution in [3.63, 3.8) is 0 Å². The second-order valence-corrected chi connectivity index (χ2v) is 10.3. The molecule has 33 heavy (non-hydrogen) atoms. The van der Waals surface area contributed by atoms with Gasteiger partial charge in [0.2, 0.25) is 0 Å². The van der Waals surface area contributed by atoms with E-state index in [1.807, 2.05) is 11.9 Å². The molecule has 5 nitrogen and oxygen atoms in total. The molecule has 0 amide bonds. The molecule has 0 radical (unpaired) electrons. The molecule has 2 saturated heterocycles. The molecule has 10 heteroatoms. The van der Waals surface area contributed by atoms with Gasteiger partial charge in [-0.1, -0.05) is 6.07 Å². The van der Waals surface area contributed by atoms with Gasteiger partial charge in [0.25, 0.3) is 0 Å². The quantitative estimate of drug-likeness (QED) is 0.185. The monoisotopic (exact) mass is 484 g/mol. The first-order valence-corrected chi connectivity index (χ1v) is 12.1. The first-order valence-electron chi connectivity index (χ1n) is 11.0. The minimum atomic E-state index is -4.53. The zero-order valence-electron chi connectivity index (χ0n) is 18.7. The van der Waals surface area contributed by atoms with E-state index in [-0.39, 0.29) is 5.41 Å². The molecule has 1 aromatic heterocycles. The van der Waals surface area contributed by atoms with Gasteiger partial charge in [0.1, 0.15) is 5.82 Å².